The number of rotatable bonds is 2. The van der Waals surface area contributed by atoms with E-state index in [1.54, 1.807) is 24.3 Å². The molecular weight excluding hydrogens is 172 g/mol. The molecule has 0 saturated heterocycles. The fourth-order valence-corrected chi connectivity index (χ4v) is 1.46. The molecule has 0 aliphatic rings. The van der Waals surface area contributed by atoms with Crippen LogP contribution in [0.1, 0.15) is 6.92 Å². The molecule has 0 saturated carbocycles. The van der Waals surface area contributed by atoms with E-state index in [0.717, 1.165) is 22.1 Å². The lowest BCUT2D eigenvalue weighted by atomic mass is 10.6. The number of aromatic amines is 1. The molecule has 0 aromatic carbocycles. The van der Waals surface area contributed by atoms with Gasteiger partial charge < -0.3 is 4.98 Å². The molecule has 0 bridgehead atoms. The van der Waals surface area contributed by atoms with Gasteiger partial charge in [-0.3, -0.25) is 0 Å². The van der Waals surface area contributed by atoms with Crippen LogP contribution in [0.2, 0.25) is 0 Å². The van der Waals surface area contributed by atoms with Crippen molar-refractivity contribution < 1.29 is 0 Å². The zero-order chi connectivity index (χ0) is 8.39. The molecule has 2 heterocycles. The van der Waals surface area contributed by atoms with Crippen LogP contribution in [0.15, 0.2) is 17.7 Å². The van der Waals surface area contributed by atoms with Crippen molar-refractivity contribution >= 4 is 22.9 Å². The van der Waals surface area contributed by atoms with Crippen molar-refractivity contribution in [1.29, 1.82) is 0 Å². The fourth-order valence-electron chi connectivity index (χ4n) is 0.919. The van der Waals surface area contributed by atoms with Gasteiger partial charge in [0.05, 0.1) is 12.5 Å². The number of nitrogens with zero attached hydrogens (tertiary/aromatic N) is 3. The van der Waals surface area contributed by atoms with Gasteiger partial charge in [-0.05, 0) is 5.75 Å². The van der Waals surface area contributed by atoms with E-state index in [9.17, 15) is 0 Å². The van der Waals surface area contributed by atoms with E-state index in [1.807, 2.05) is 0 Å². The molecule has 0 spiro atoms. The van der Waals surface area contributed by atoms with Gasteiger partial charge in [-0.25, -0.2) is 15.0 Å². The van der Waals surface area contributed by atoms with E-state index in [4.69, 9.17) is 0 Å². The molecular formula is C7H8N4S. The number of fused-ring (bicyclic) bond motifs is 1. The zero-order valence-electron chi connectivity index (χ0n) is 6.61. The molecule has 5 heteroatoms. The molecule has 4 nitrogen and oxygen atoms in total. The van der Waals surface area contributed by atoms with Crippen LogP contribution >= 0.6 is 11.8 Å². The third-order valence-corrected chi connectivity index (χ3v) is 2.17. The number of H-pyrrole nitrogens is 1. The third-order valence-electron chi connectivity index (χ3n) is 1.43. The van der Waals surface area contributed by atoms with E-state index in [0.29, 0.717) is 0 Å². The standard InChI is InChI=1S/C7H8N4S/c1-2-12-7-8-3-5-6(11-7)10-4-9-5/h3-4H,2H2,1H3,(H,8,9,10,11). The minimum atomic E-state index is 0.737. The minimum Gasteiger partial charge on any atom is -0.342 e. The summed E-state index contributed by atoms with van der Waals surface area (Å²) < 4.78 is 0. The van der Waals surface area contributed by atoms with Gasteiger partial charge in [-0.15, -0.1) is 0 Å². The maximum Gasteiger partial charge on any atom is 0.189 e. The van der Waals surface area contributed by atoms with Crippen LogP contribution < -0.4 is 0 Å². The number of thioether (sulfide) groups is 1. The molecule has 62 valence electrons. The largest absolute Gasteiger partial charge is 0.342 e. The molecule has 2 rings (SSSR count). The van der Waals surface area contributed by atoms with Crippen LogP contribution in [0.4, 0.5) is 0 Å². The summed E-state index contributed by atoms with van der Waals surface area (Å²) >= 11 is 1.62. The van der Waals surface area contributed by atoms with Crippen molar-refractivity contribution in [3.8, 4) is 0 Å². The van der Waals surface area contributed by atoms with Gasteiger partial charge in [0.25, 0.3) is 0 Å². The van der Waals surface area contributed by atoms with Gasteiger partial charge in [0.2, 0.25) is 0 Å². The summed E-state index contributed by atoms with van der Waals surface area (Å²) in [6.45, 7) is 2.07. The summed E-state index contributed by atoms with van der Waals surface area (Å²) in [7, 11) is 0. The van der Waals surface area contributed by atoms with Gasteiger partial charge in [0.1, 0.15) is 5.52 Å². The average molecular weight is 180 g/mol. The molecule has 0 atom stereocenters. The summed E-state index contributed by atoms with van der Waals surface area (Å²) in [5, 5.41) is 0.789. The first-order chi connectivity index (χ1) is 5.90. The molecule has 2 aromatic rings. The molecule has 0 unspecified atom stereocenters. The Hall–Kier alpha value is -1.10. The van der Waals surface area contributed by atoms with Crippen molar-refractivity contribution in [2.45, 2.75) is 12.1 Å². The third kappa shape index (κ3) is 1.27. The summed E-state index contributed by atoms with van der Waals surface area (Å²) in [6.07, 6.45) is 3.38. The maximum absolute atomic E-state index is 4.23. The first-order valence-corrected chi connectivity index (χ1v) is 4.67. The van der Waals surface area contributed by atoms with Crippen LogP contribution in [0, 0.1) is 0 Å². The lowest BCUT2D eigenvalue weighted by Gasteiger charge is -1.93. The van der Waals surface area contributed by atoms with Crippen molar-refractivity contribution in [2.24, 2.45) is 0 Å². The SMILES string of the molecule is CCSc1ncc2[nH]cnc2n1. The number of nitrogens with one attached hydrogen (secondary N) is 1. The van der Waals surface area contributed by atoms with E-state index in [1.165, 1.54) is 0 Å². The number of hydrogen-bond acceptors (Lipinski definition) is 4. The molecule has 2 aromatic heterocycles. The summed E-state index contributed by atoms with van der Waals surface area (Å²) in [5.74, 6) is 0.982. The highest BCUT2D eigenvalue weighted by atomic mass is 32.2. The van der Waals surface area contributed by atoms with Crippen LogP contribution in [0.3, 0.4) is 0 Å². The van der Waals surface area contributed by atoms with Gasteiger partial charge in [0.15, 0.2) is 10.8 Å². The number of imidazole rings is 1. The molecule has 0 radical (unpaired) electrons. The van der Waals surface area contributed by atoms with Gasteiger partial charge in [0, 0.05) is 0 Å². The van der Waals surface area contributed by atoms with Crippen molar-refractivity contribution in [2.75, 3.05) is 5.75 Å². The Morgan fingerprint density at radius 2 is 2.42 bits per heavy atom. The Kier molecular flexibility index (Phi) is 1.95. The average Bonchev–Trinajstić information content (AvgIpc) is 2.51. The van der Waals surface area contributed by atoms with Crippen LogP contribution in [-0.2, 0) is 0 Å². The van der Waals surface area contributed by atoms with Gasteiger partial charge >= 0.3 is 0 Å². The summed E-state index contributed by atoms with van der Waals surface area (Å²) in [6, 6.07) is 0. The van der Waals surface area contributed by atoms with E-state index < -0.39 is 0 Å². The highest BCUT2D eigenvalue weighted by molar-refractivity contribution is 7.99. The molecule has 0 aliphatic carbocycles. The molecule has 0 amide bonds. The Balaban J connectivity index is 2.46. The van der Waals surface area contributed by atoms with E-state index in [2.05, 4.69) is 26.9 Å². The molecule has 1 N–H and O–H groups in total. The second-order valence-electron chi connectivity index (χ2n) is 2.23. The van der Waals surface area contributed by atoms with Crippen molar-refractivity contribution in [1.82, 2.24) is 19.9 Å². The second-order valence-corrected chi connectivity index (χ2v) is 3.46. The Labute approximate surface area is 73.8 Å². The van der Waals surface area contributed by atoms with E-state index >= 15 is 0 Å². The zero-order valence-corrected chi connectivity index (χ0v) is 7.43. The highest BCUT2D eigenvalue weighted by Gasteiger charge is 2.00. The second kappa shape index (κ2) is 3.10. The predicted octanol–water partition coefficient (Wildman–Crippen LogP) is 1.46. The maximum atomic E-state index is 4.23. The summed E-state index contributed by atoms with van der Waals surface area (Å²) in [4.78, 5) is 15.4. The lowest BCUT2D eigenvalue weighted by Crippen LogP contribution is -1.86. The van der Waals surface area contributed by atoms with Crippen molar-refractivity contribution in [3.05, 3.63) is 12.5 Å². The fraction of sp³-hybridized carbons (Fsp3) is 0.286. The molecule has 0 fully saturated rings. The summed E-state index contributed by atoms with van der Waals surface area (Å²) in [5.41, 5.74) is 1.62. The Morgan fingerprint density at radius 3 is 3.25 bits per heavy atom. The topological polar surface area (TPSA) is 54.5 Å². The Bertz CT molecular complexity index is 384. The van der Waals surface area contributed by atoms with Gasteiger partial charge in [-0.2, -0.15) is 0 Å². The quantitative estimate of drug-likeness (QED) is 0.561. The monoisotopic (exact) mass is 180 g/mol. The minimum absolute atomic E-state index is 0.737. The number of hydrogen-bond donors (Lipinski definition) is 1. The number of aromatic nitrogens is 4. The lowest BCUT2D eigenvalue weighted by molar-refractivity contribution is 0.994. The predicted molar refractivity (Wildman–Crippen MR) is 48.1 cm³/mol. The van der Waals surface area contributed by atoms with E-state index in [-0.39, 0.29) is 0 Å². The smallest absolute Gasteiger partial charge is 0.189 e. The van der Waals surface area contributed by atoms with Gasteiger partial charge in [-0.1, -0.05) is 18.7 Å². The first-order valence-electron chi connectivity index (χ1n) is 3.69. The molecule has 12 heavy (non-hydrogen) atoms. The first kappa shape index (κ1) is 7.54. The van der Waals surface area contributed by atoms with Crippen LogP contribution in [0.5, 0.6) is 0 Å². The Morgan fingerprint density at radius 1 is 1.50 bits per heavy atom. The van der Waals surface area contributed by atoms with Crippen molar-refractivity contribution in [3.63, 3.8) is 0 Å². The highest BCUT2D eigenvalue weighted by Crippen LogP contribution is 2.13. The molecule has 0 aliphatic heterocycles. The van der Waals surface area contributed by atoms with Crippen LogP contribution in [0.25, 0.3) is 11.2 Å². The van der Waals surface area contributed by atoms with Crippen LogP contribution in [-0.4, -0.2) is 25.7 Å². The normalized spacial score (nSPS) is 10.8.